The molecule has 1 unspecified atom stereocenters. The van der Waals surface area contributed by atoms with Crippen LogP contribution in [0.5, 0.6) is 0 Å². The van der Waals surface area contributed by atoms with E-state index in [1.807, 2.05) is 25.7 Å². The van der Waals surface area contributed by atoms with Gasteiger partial charge in [0.15, 0.2) is 0 Å². The van der Waals surface area contributed by atoms with Crippen LogP contribution in [-0.4, -0.2) is 51.3 Å². The smallest absolute Gasteiger partial charge is 0.253 e. The summed E-state index contributed by atoms with van der Waals surface area (Å²) in [5, 5.41) is 2.90. The van der Waals surface area contributed by atoms with Gasteiger partial charge in [0.05, 0.1) is 6.42 Å². The van der Waals surface area contributed by atoms with Gasteiger partial charge in [0, 0.05) is 60.5 Å². The van der Waals surface area contributed by atoms with E-state index in [0.29, 0.717) is 31.6 Å². The molecule has 3 heterocycles. The Morgan fingerprint density at radius 2 is 1.86 bits per heavy atom. The van der Waals surface area contributed by atoms with Gasteiger partial charge in [-0.2, -0.15) is 0 Å². The third-order valence-corrected chi connectivity index (χ3v) is 5.12. The highest BCUT2D eigenvalue weighted by molar-refractivity contribution is 5.94. The molecule has 28 heavy (non-hydrogen) atoms. The summed E-state index contributed by atoms with van der Waals surface area (Å²) in [6, 6.07) is 3.47. The predicted molar refractivity (Wildman–Crippen MR) is 106 cm³/mol. The molecular formula is C21H27N5O2. The summed E-state index contributed by atoms with van der Waals surface area (Å²) in [6.45, 7) is 7.86. The van der Waals surface area contributed by atoms with Crippen LogP contribution >= 0.6 is 0 Å². The number of hydrogen-bond acceptors (Lipinski definition) is 5. The Balaban J connectivity index is 1.69. The minimum atomic E-state index is -0.000566. The Morgan fingerprint density at radius 1 is 1.18 bits per heavy atom. The van der Waals surface area contributed by atoms with Crippen LogP contribution in [-0.2, 0) is 11.2 Å². The highest BCUT2D eigenvalue weighted by Gasteiger charge is 2.30. The SMILES string of the molecule is CCCNC(=O)Cc1c(C)nc(C2CCN(C(=O)c3ccncc3)C2)nc1C. The van der Waals surface area contributed by atoms with Crippen LogP contribution in [0.4, 0.5) is 0 Å². The van der Waals surface area contributed by atoms with Crippen molar-refractivity contribution in [1.82, 2.24) is 25.2 Å². The first-order chi connectivity index (χ1) is 13.5. The van der Waals surface area contributed by atoms with Crippen molar-refractivity contribution in [2.75, 3.05) is 19.6 Å². The van der Waals surface area contributed by atoms with E-state index >= 15 is 0 Å². The van der Waals surface area contributed by atoms with Crippen LogP contribution in [0.25, 0.3) is 0 Å². The summed E-state index contributed by atoms with van der Waals surface area (Å²) in [7, 11) is 0. The van der Waals surface area contributed by atoms with Crippen LogP contribution in [0.15, 0.2) is 24.5 Å². The van der Waals surface area contributed by atoms with E-state index in [0.717, 1.165) is 35.6 Å². The molecule has 1 aliphatic rings. The maximum atomic E-state index is 12.6. The first-order valence-corrected chi connectivity index (χ1v) is 9.79. The molecule has 2 aromatic heterocycles. The molecular weight excluding hydrogens is 354 g/mol. The quantitative estimate of drug-likeness (QED) is 0.829. The third-order valence-electron chi connectivity index (χ3n) is 5.12. The van der Waals surface area contributed by atoms with Crippen LogP contribution < -0.4 is 5.32 Å². The number of carbonyl (C=O) groups is 2. The molecule has 3 rings (SSSR count). The third kappa shape index (κ3) is 4.52. The molecule has 7 nitrogen and oxygen atoms in total. The first-order valence-electron chi connectivity index (χ1n) is 9.79. The Bertz CT molecular complexity index is 830. The van der Waals surface area contributed by atoms with Crippen molar-refractivity contribution in [3.63, 3.8) is 0 Å². The van der Waals surface area contributed by atoms with Crippen molar-refractivity contribution in [2.45, 2.75) is 46.0 Å². The second-order valence-corrected chi connectivity index (χ2v) is 7.23. The van der Waals surface area contributed by atoms with Gasteiger partial charge in [0.25, 0.3) is 5.91 Å². The molecule has 7 heteroatoms. The number of amides is 2. The Hall–Kier alpha value is -2.83. The molecule has 2 amide bonds. The van der Waals surface area contributed by atoms with Crippen LogP contribution in [0, 0.1) is 13.8 Å². The lowest BCUT2D eigenvalue weighted by Gasteiger charge is -2.17. The summed E-state index contributed by atoms with van der Waals surface area (Å²) in [5.74, 6) is 0.894. The zero-order valence-electron chi connectivity index (χ0n) is 16.7. The highest BCUT2D eigenvalue weighted by Crippen LogP contribution is 2.27. The normalized spacial score (nSPS) is 16.2. The van der Waals surface area contributed by atoms with Crippen molar-refractivity contribution in [1.29, 1.82) is 0 Å². The zero-order valence-corrected chi connectivity index (χ0v) is 16.7. The molecule has 0 radical (unpaired) electrons. The maximum absolute atomic E-state index is 12.6. The van der Waals surface area contributed by atoms with Gasteiger partial charge in [-0.25, -0.2) is 9.97 Å². The van der Waals surface area contributed by atoms with Crippen molar-refractivity contribution in [3.05, 3.63) is 52.9 Å². The van der Waals surface area contributed by atoms with Crippen molar-refractivity contribution in [2.24, 2.45) is 0 Å². The van der Waals surface area contributed by atoms with E-state index in [4.69, 9.17) is 0 Å². The second kappa shape index (κ2) is 8.91. The number of rotatable bonds is 6. The molecule has 0 aromatic carbocycles. The number of likely N-dealkylation sites (tertiary alicyclic amines) is 1. The van der Waals surface area contributed by atoms with Gasteiger partial charge in [-0.1, -0.05) is 6.92 Å². The summed E-state index contributed by atoms with van der Waals surface area (Å²) in [5.41, 5.74) is 3.22. The average molecular weight is 381 g/mol. The summed E-state index contributed by atoms with van der Waals surface area (Å²) < 4.78 is 0. The number of nitrogens with one attached hydrogen (secondary N) is 1. The van der Waals surface area contributed by atoms with E-state index in [-0.39, 0.29) is 17.7 Å². The summed E-state index contributed by atoms with van der Waals surface area (Å²) in [6.07, 6.45) is 5.31. The molecule has 1 N–H and O–H groups in total. The maximum Gasteiger partial charge on any atom is 0.253 e. The van der Waals surface area contributed by atoms with E-state index in [1.54, 1.807) is 24.5 Å². The monoisotopic (exact) mass is 381 g/mol. The molecule has 0 bridgehead atoms. The largest absolute Gasteiger partial charge is 0.356 e. The van der Waals surface area contributed by atoms with Crippen LogP contribution in [0.2, 0.25) is 0 Å². The fourth-order valence-electron chi connectivity index (χ4n) is 3.52. The molecule has 1 saturated heterocycles. The standard InChI is InChI=1S/C21H27N5O2/c1-4-8-23-19(27)12-18-14(2)24-20(25-15(18)3)17-7-11-26(13-17)21(28)16-5-9-22-10-6-16/h5-6,9-10,17H,4,7-8,11-13H2,1-3H3,(H,23,27). The molecule has 1 aliphatic heterocycles. The van der Waals surface area contributed by atoms with Gasteiger partial charge in [-0.15, -0.1) is 0 Å². The zero-order chi connectivity index (χ0) is 20.1. The number of aromatic nitrogens is 3. The van der Waals surface area contributed by atoms with Crippen LogP contribution in [0.3, 0.4) is 0 Å². The summed E-state index contributed by atoms with van der Waals surface area (Å²) >= 11 is 0. The van der Waals surface area contributed by atoms with Crippen LogP contribution in [0.1, 0.15) is 58.8 Å². The Kier molecular flexibility index (Phi) is 6.34. The van der Waals surface area contributed by atoms with Gasteiger partial charge in [-0.05, 0) is 38.8 Å². The summed E-state index contributed by atoms with van der Waals surface area (Å²) in [4.78, 5) is 39.8. The average Bonchev–Trinajstić information content (AvgIpc) is 3.19. The van der Waals surface area contributed by atoms with Gasteiger partial charge < -0.3 is 10.2 Å². The first kappa shape index (κ1) is 19.9. The topological polar surface area (TPSA) is 88.1 Å². The van der Waals surface area contributed by atoms with E-state index in [1.165, 1.54) is 0 Å². The Morgan fingerprint density at radius 3 is 2.50 bits per heavy atom. The number of carbonyl (C=O) groups excluding carboxylic acids is 2. The molecule has 2 aromatic rings. The molecule has 0 spiro atoms. The molecule has 0 saturated carbocycles. The lowest BCUT2D eigenvalue weighted by atomic mass is 10.0. The number of aryl methyl sites for hydroxylation is 2. The lowest BCUT2D eigenvalue weighted by molar-refractivity contribution is -0.120. The van der Waals surface area contributed by atoms with Crippen molar-refractivity contribution in [3.8, 4) is 0 Å². The minimum absolute atomic E-state index is 0.000566. The molecule has 0 aliphatic carbocycles. The Labute approximate surface area is 165 Å². The number of hydrogen-bond donors (Lipinski definition) is 1. The number of pyridine rings is 1. The van der Waals surface area contributed by atoms with Crippen molar-refractivity contribution < 1.29 is 9.59 Å². The van der Waals surface area contributed by atoms with Gasteiger partial charge in [0.1, 0.15) is 5.82 Å². The van der Waals surface area contributed by atoms with Gasteiger partial charge in [-0.3, -0.25) is 14.6 Å². The van der Waals surface area contributed by atoms with E-state index in [9.17, 15) is 9.59 Å². The van der Waals surface area contributed by atoms with Gasteiger partial charge >= 0.3 is 0 Å². The van der Waals surface area contributed by atoms with Crippen molar-refractivity contribution >= 4 is 11.8 Å². The fourth-order valence-corrected chi connectivity index (χ4v) is 3.52. The minimum Gasteiger partial charge on any atom is -0.356 e. The lowest BCUT2D eigenvalue weighted by Crippen LogP contribution is -2.29. The van der Waals surface area contributed by atoms with Gasteiger partial charge in [0.2, 0.25) is 5.91 Å². The number of nitrogens with zero attached hydrogens (tertiary/aromatic N) is 4. The predicted octanol–water partition coefficient (Wildman–Crippen LogP) is 2.19. The van der Waals surface area contributed by atoms with E-state index in [2.05, 4.69) is 20.3 Å². The highest BCUT2D eigenvalue weighted by atomic mass is 16.2. The molecule has 1 fully saturated rings. The molecule has 148 valence electrons. The fraction of sp³-hybridized carbons (Fsp3) is 0.476. The molecule has 1 atom stereocenters. The second-order valence-electron chi connectivity index (χ2n) is 7.23. The van der Waals surface area contributed by atoms with E-state index < -0.39 is 0 Å².